The van der Waals surface area contributed by atoms with Gasteiger partial charge < -0.3 is 19.9 Å². The summed E-state index contributed by atoms with van der Waals surface area (Å²) < 4.78 is 3.29. The zero-order valence-corrected chi connectivity index (χ0v) is 20.6. The molecule has 3 aromatic rings. The molecule has 2 aliphatic rings. The van der Waals surface area contributed by atoms with E-state index in [1.165, 1.54) is 39.5 Å². The Morgan fingerprint density at radius 3 is 2.54 bits per heavy atom. The maximum absolute atomic E-state index is 13.2. The molecule has 1 amide bonds. The van der Waals surface area contributed by atoms with Crippen molar-refractivity contribution in [3.63, 3.8) is 0 Å². The van der Waals surface area contributed by atoms with Crippen molar-refractivity contribution in [1.29, 1.82) is 0 Å². The molecule has 0 unspecified atom stereocenters. The number of fused-ring (bicyclic) bond motifs is 2. The number of hydrogen-bond donors (Lipinski definition) is 3. The van der Waals surface area contributed by atoms with Crippen molar-refractivity contribution in [2.75, 3.05) is 11.7 Å². The van der Waals surface area contributed by atoms with Gasteiger partial charge in [-0.3, -0.25) is 15.5 Å². The number of thioether (sulfide) groups is 1. The minimum absolute atomic E-state index is 0.152. The molecule has 182 valence electrons. The molecule has 10 nitrogen and oxygen atoms in total. The zero-order chi connectivity index (χ0) is 25.2. The molecule has 0 aliphatic carbocycles. The van der Waals surface area contributed by atoms with E-state index in [0.717, 1.165) is 4.83 Å². The van der Waals surface area contributed by atoms with Gasteiger partial charge in [-0.25, -0.2) is 4.79 Å². The Balaban J connectivity index is 1.57. The number of amides is 1. The number of benzene rings is 1. The average molecular weight is 515 g/mol. The first-order valence-electron chi connectivity index (χ1n) is 10.8. The summed E-state index contributed by atoms with van der Waals surface area (Å²) in [7, 11) is 0. The molecule has 4 heterocycles. The minimum Gasteiger partial charge on any atom is -0.543 e. The van der Waals surface area contributed by atoms with Crippen LogP contribution in [-0.2, 0) is 9.59 Å². The lowest BCUT2D eigenvalue weighted by Crippen LogP contribution is -2.64. The molecule has 12 heteroatoms. The lowest BCUT2D eigenvalue weighted by Gasteiger charge is -2.47. The highest BCUT2D eigenvalue weighted by Crippen LogP contribution is 2.51. The first-order valence-corrected chi connectivity index (χ1v) is 12.9. The highest BCUT2D eigenvalue weighted by molar-refractivity contribution is 7.98. The molecular weight excluding hydrogens is 492 g/mol. The van der Waals surface area contributed by atoms with Gasteiger partial charge in [0, 0.05) is 11.5 Å². The third-order valence-corrected chi connectivity index (χ3v) is 8.69. The third kappa shape index (κ3) is 3.39. The number of hydrogen-bond acceptors (Lipinski definition) is 9. The predicted molar refractivity (Wildman–Crippen MR) is 126 cm³/mol. The second-order valence-corrected chi connectivity index (χ2v) is 10.4. The molecule has 0 saturated carbocycles. The summed E-state index contributed by atoms with van der Waals surface area (Å²) in [5.74, 6) is -3.06. The second kappa shape index (κ2) is 8.48. The lowest BCUT2D eigenvalue weighted by molar-refractivity contribution is -0.507. The van der Waals surface area contributed by atoms with Gasteiger partial charge in [0.15, 0.2) is 0 Å². The van der Waals surface area contributed by atoms with E-state index in [0.29, 0.717) is 26.7 Å². The van der Waals surface area contributed by atoms with Crippen molar-refractivity contribution in [3.8, 4) is 0 Å². The number of carboxylic acid groups (broad SMARTS) is 1. The fourth-order valence-electron chi connectivity index (χ4n) is 5.05. The third-order valence-electron chi connectivity index (χ3n) is 6.64. The number of β-lactam (4-membered cyclic amide) rings is 1. The van der Waals surface area contributed by atoms with E-state index in [1.54, 1.807) is 41.2 Å². The number of anilines is 1. The molecule has 4 atom stereocenters. The smallest absolute Gasteiger partial charge is 0.346 e. The number of nitrogens with zero attached hydrogens (tertiary/aromatic N) is 3. The zero-order valence-electron chi connectivity index (χ0n) is 19.0. The van der Waals surface area contributed by atoms with E-state index in [4.69, 9.17) is 5.21 Å². The number of carboxylic acids is 1. The normalized spacial score (nSPS) is 22.4. The van der Waals surface area contributed by atoms with Crippen LogP contribution in [0.4, 0.5) is 5.69 Å². The molecule has 1 aromatic carbocycles. The maximum Gasteiger partial charge on any atom is 0.346 e. The molecule has 2 aliphatic heterocycles. The van der Waals surface area contributed by atoms with Gasteiger partial charge in [-0.05, 0) is 37.4 Å². The Hall–Kier alpha value is -3.19. The summed E-state index contributed by atoms with van der Waals surface area (Å²) >= 11 is 2.71. The number of aromatic nitrogens is 2. The van der Waals surface area contributed by atoms with Gasteiger partial charge in [0.25, 0.3) is 6.33 Å². The molecule has 0 radical (unpaired) electrons. The number of aliphatic carboxylic acids is 1. The van der Waals surface area contributed by atoms with Gasteiger partial charge in [-0.15, -0.1) is 0 Å². The van der Waals surface area contributed by atoms with Crippen LogP contribution in [0.2, 0.25) is 0 Å². The van der Waals surface area contributed by atoms with Crippen LogP contribution in [0, 0.1) is 11.8 Å². The first kappa shape index (κ1) is 23.5. The van der Waals surface area contributed by atoms with Gasteiger partial charge in [0.1, 0.15) is 6.20 Å². The molecule has 1 saturated heterocycles. The molecule has 3 N–H and O–H groups in total. The van der Waals surface area contributed by atoms with E-state index in [9.17, 15) is 24.6 Å². The Morgan fingerprint density at radius 2 is 1.97 bits per heavy atom. The number of carbonyl (C=O) groups is 3. The van der Waals surface area contributed by atoms with E-state index in [-0.39, 0.29) is 17.5 Å². The Labute approximate surface area is 208 Å². The van der Waals surface area contributed by atoms with Crippen LogP contribution < -0.4 is 15.0 Å². The molecule has 5 rings (SSSR count). The van der Waals surface area contributed by atoms with Crippen molar-refractivity contribution < 1.29 is 34.2 Å². The molecule has 35 heavy (non-hydrogen) atoms. The van der Waals surface area contributed by atoms with Crippen LogP contribution in [0.15, 0.2) is 47.5 Å². The number of carbonyl (C=O) groups excluding carboxylic acids is 3. The maximum atomic E-state index is 13.2. The van der Waals surface area contributed by atoms with Crippen molar-refractivity contribution in [1.82, 2.24) is 9.47 Å². The largest absolute Gasteiger partial charge is 0.543 e. The summed E-state index contributed by atoms with van der Waals surface area (Å²) in [6.45, 7) is 3.39. The van der Waals surface area contributed by atoms with Crippen LogP contribution in [0.3, 0.4) is 0 Å². The van der Waals surface area contributed by atoms with Gasteiger partial charge in [0.2, 0.25) is 15.8 Å². The number of nitrogens with one attached hydrogen (secondary N) is 1. The Morgan fingerprint density at radius 1 is 1.29 bits per heavy atom. The highest BCUT2D eigenvalue weighted by Gasteiger charge is 2.59. The molecule has 0 bridgehead atoms. The Bertz CT molecular complexity index is 1410. The molecular formula is C23H22N4O6S2. The number of aliphatic hydroxyl groups is 1. The summed E-state index contributed by atoms with van der Waals surface area (Å²) in [5.41, 5.74) is 3.27. The standard InChI is InChI=1S/C23H22N4O6S2/c1-10-15(18(23(31)32)27-17(10)16(11(2)28)20(27)30)14-8-25-9-26(22(34-3)21(25)35-14)19(29)12-4-6-13(24-33)7-5-12/h4-11,16-17,28H,1-3H3,(H2-,24,29,31,32,33)/t10-,11+,16+,17+/m0/s1. The number of aliphatic hydroxyl groups excluding tert-OH is 1. The summed E-state index contributed by atoms with van der Waals surface area (Å²) in [6.07, 6.45) is 4.35. The fraction of sp³-hybridized carbons (Fsp3) is 0.304. The minimum atomic E-state index is -1.43. The van der Waals surface area contributed by atoms with Gasteiger partial charge in [-0.2, -0.15) is 8.97 Å². The van der Waals surface area contributed by atoms with Crippen LogP contribution in [-0.4, -0.2) is 56.0 Å². The molecule has 0 spiro atoms. The van der Waals surface area contributed by atoms with E-state index in [2.05, 4.69) is 0 Å². The first-order chi connectivity index (χ1) is 16.7. The van der Waals surface area contributed by atoms with Crippen LogP contribution in [0.25, 0.3) is 10.4 Å². The highest BCUT2D eigenvalue weighted by atomic mass is 32.2. The summed E-state index contributed by atoms with van der Waals surface area (Å²) in [6, 6.07) is 5.95. The van der Waals surface area contributed by atoms with Crippen LogP contribution in [0.5, 0.6) is 0 Å². The van der Waals surface area contributed by atoms with Crippen LogP contribution >= 0.6 is 23.1 Å². The van der Waals surface area contributed by atoms with E-state index < -0.39 is 29.9 Å². The monoisotopic (exact) mass is 514 g/mol. The van der Waals surface area contributed by atoms with E-state index >= 15 is 0 Å². The SMILES string of the molecule is CSc1c2sc(C3=C(C(=O)[O-])N4C(=O)[C@H]([C@@H](C)O)[C@H]4[C@H]3C)c[n+]2cn1C(=O)c1ccc(NO)cc1. The fourth-order valence-corrected chi connectivity index (χ4v) is 7.19. The lowest BCUT2D eigenvalue weighted by atomic mass is 9.77. The van der Waals surface area contributed by atoms with Gasteiger partial charge in [0.05, 0.1) is 45.9 Å². The Kier molecular flexibility index (Phi) is 5.71. The average Bonchev–Trinajstić information content (AvgIpc) is 3.45. The van der Waals surface area contributed by atoms with Gasteiger partial charge >= 0.3 is 5.91 Å². The molecule has 1 fully saturated rings. The number of rotatable bonds is 6. The number of thiazole rings is 1. The summed E-state index contributed by atoms with van der Waals surface area (Å²) in [4.78, 5) is 40.5. The topological polar surface area (TPSA) is 139 Å². The predicted octanol–water partition coefficient (Wildman–Crippen LogP) is 0.818. The van der Waals surface area contributed by atoms with Crippen molar-refractivity contribution >= 4 is 57.0 Å². The van der Waals surface area contributed by atoms with Crippen molar-refractivity contribution in [3.05, 3.63) is 52.9 Å². The number of imidazole rings is 1. The van der Waals surface area contributed by atoms with Crippen LogP contribution in [0.1, 0.15) is 29.1 Å². The molecule has 2 aromatic heterocycles. The second-order valence-electron chi connectivity index (χ2n) is 8.60. The summed E-state index contributed by atoms with van der Waals surface area (Å²) in [5, 5.41) is 31.8. The van der Waals surface area contributed by atoms with Gasteiger partial charge in [-0.1, -0.05) is 30.0 Å². The van der Waals surface area contributed by atoms with Crippen molar-refractivity contribution in [2.45, 2.75) is 31.0 Å². The van der Waals surface area contributed by atoms with Crippen molar-refractivity contribution in [2.24, 2.45) is 11.8 Å². The quantitative estimate of drug-likeness (QED) is 0.190. The van der Waals surface area contributed by atoms with E-state index in [1.807, 2.05) is 18.7 Å².